The summed E-state index contributed by atoms with van der Waals surface area (Å²) in [4.78, 5) is 16.2. The SMILES string of the molecule is O=C(O)C(Cc1ccccc1)Nc1cccc(-c2ccc(OCc3ccccc3)nc2)c1. The largest absolute Gasteiger partial charge is 0.480 e. The fourth-order valence-electron chi connectivity index (χ4n) is 3.41. The predicted octanol–water partition coefficient (Wildman–Crippen LogP) is 5.44. The smallest absolute Gasteiger partial charge is 0.326 e. The summed E-state index contributed by atoms with van der Waals surface area (Å²) in [5.41, 5.74) is 4.67. The minimum atomic E-state index is -0.888. The first-order chi connectivity index (χ1) is 15.7. The molecule has 5 heteroatoms. The molecule has 0 saturated heterocycles. The van der Waals surface area contributed by atoms with Crippen LogP contribution in [0.4, 0.5) is 5.69 Å². The van der Waals surface area contributed by atoms with Gasteiger partial charge < -0.3 is 15.2 Å². The predicted molar refractivity (Wildman–Crippen MR) is 126 cm³/mol. The molecular weight excluding hydrogens is 400 g/mol. The molecule has 0 aliphatic carbocycles. The number of ether oxygens (including phenoxy) is 1. The van der Waals surface area contributed by atoms with Crippen molar-refractivity contribution in [3.63, 3.8) is 0 Å². The van der Waals surface area contributed by atoms with Crippen LogP contribution < -0.4 is 10.1 Å². The Morgan fingerprint density at radius 2 is 1.56 bits per heavy atom. The minimum Gasteiger partial charge on any atom is -0.480 e. The second-order valence-electron chi connectivity index (χ2n) is 7.47. The summed E-state index contributed by atoms with van der Waals surface area (Å²) < 4.78 is 5.75. The zero-order valence-electron chi connectivity index (χ0n) is 17.5. The summed E-state index contributed by atoms with van der Waals surface area (Å²) >= 11 is 0. The van der Waals surface area contributed by atoms with Gasteiger partial charge in [0.25, 0.3) is 0 Å². The Hall–Kier alpha value is -4.12. The number of pyridine rings is 1. The molecule has 0 bridgehead atoms. The highest BCUT2D eigenvalue weighted by Gasteiger charge is 2.18. The van der Waals surface area contributed by atoms with Gasteiger partial charge in [-0.05, 0) is 34.9 Å². The molecule has 4 rings (SSSR count). The van der Waals surface area contributed by atoms with E-state index in [4.69, 9.17) is 4.74 Å². The summed E-state index contributed by atoms with van der Waals surface area (Å²) in [6.45, 7) is 0.463. The Labute approximate surface area is 187 Å². The van der Waals surface area contributed by atoms with E-state index in [2.05, 4.69) is 10.3 Å². The van der Waals surface area contributed by atoms with Gasteiger partial charge in [0.15, 0.2) is 0 Å². The van der Waals surface area contributed by atoms with Gasteiger partial charge in [-0.25, -0.2) is 9.78 Å². The zero-order valence-corrected chi connectivity index (χ0v) is 17.5. The lowest BCUT2D eigenvalue weighted by molar-refractivity contribution is -0.137. The Bertz CT molecular complexity index is 1150. The topological polar surface area (TPSA) is 71.5 Å². The van der Waals surface area contributed by atoms with Crippen LogP contribution in [0.25, 0.3) is 11.1 Å². The van der Waals surface area contributed by atoms with Crippen LogP contribution in [0.15, 0.2) is 103 Å². The molecule has 3 aromatic carbocycles. The van der Waals surface area contributed by atoms with Crippen LogP contribution in [0.2, 0.25) is 0 Å². The molecule has 0 radical (unpaired) electrons. The van der Waals surface area contributed by atoms with Gasteiger partial charge in [-0.2, -0.15) is 0 Å². The molecule has 0 fully saturated rings. The van der Waals surface area contributed by atoms with Gasteiger partial charge in [0.2, 0.25) is 5.88 Å². The third-order valence-corrected chi connectivity index (χ3v) is 5.08. The number of aliphatic carboxylic acids is 1. The average Bonchev–Trinajstić information content (AvgIpc) is 2.84. The Balaban J connectivity index is 1.43. The first-order valence-electron chi connectivity index (χ1n) is 10.4. The number of carboxylic acids is 1. The van der Waals surface area contributed by atoms with Crippen molar-refractivity contribution in [2.75, 3.05) is 5.32 Å². The average molecular weight is 425 g/mol. The van der Waals surface area contributed by atoms with E-state index in [1.807, 2.05) is 97.1 Å². The first kappa shape index (κ1) is 21.1. The maximum atomic E-state index is 11.8. The molecule has 1 unspecified atom stereocenters. The van der Waals surface area contributed by atoms with E-state index in [1.165, 1.54) is 0 Å². The van der Waals surface area contributed by atoms with Crippen molar-refractivity contribution < 1.29 is 14.6 Å². The van der Waals surface area contributed by atoms with Gasteiger partial charge in [0.1, 0.15) is 12.6 Å². The van der Waals surface area contributed by atoms with E-state index < -0.39 is 12.0 Å². The van der Waals surface area contributed by atoms with Crippen LogP contribution in [0.5, 0.6) is 5.88 Å². The van der Waals surface area contributed by atoms with E-state index in [0.29, 0.717) is 18.9 Å². The van der Waals surface area contributed by atoms with Gasteiger partial charge in [-0.3, -0.25) is 0 Å². The third-order valence-electron chi connectivity index (χ3n) is 5.08. The number of aromatic nitrogens is 1. The fourth-order valence-corrected chi connectivity index (χ4v) is 3.41. The van der Waals surface area contributed by atoms with Crippen molar-refractivity contribution in [2.45, 2.75) is 19.1 Å². The van der Waals surface area contributed by atoms with Gasteiger partial charge in [0.05, 0.1) is 0 Å². The van der Waals surface area contributed by atoms with Crippen molar-refractivity contribution >= 4 is 11.7 Å². The van der Waals surface area contributed by atoms with Crippen molar-refractivity contribution in [3.05, 3.63) is 114 Å². The standard InChI is InChI=1S/C27H24N2O3/c30-27(31)25(16-20-8-3-1-4-9-20)29-24-13-7-12-22(17-24)23-14-15-26(28-18-23)32-19-21-10-5-2-6-11-21/h1-15,17-18,25,29H,16,19H2,(H,30,31). The number of benzene rings is 3. The molecule has 1 aromatic heterocycles. The first-order valence-corrected chi connectivity index (χ1v) is 10.4. The molecule has 160 valence electrons. The van der Waals surface area contributed by atoms with Crippen molar-refractivity contribution in [3.8, 4) is 17.0 Å². The molecule has 4 aromatic rings. The second-order valence-corrected chi connectivity index (χ2v) is 7.47. The summed E-state index contributed by atoms with van der Waals surface area (Å²) in [5, 5.41) is 12.8. The number of carboxylic acid groups (broad SMARTS) is 1. The molecule has 0 aliphatic heterocycles. The van der Waals surface area contributed by atoms with Gasteiger partial charge in [0, 0.05) is 29.9 Å². The van der Waals surface area contributed by atoms with Gasteiger partial charge in [-0.1, -0.05) is 72.8 Å². The Morgan fingerprint density at radius 3 is 2.22 bits per heavy atom. The van der Waals surface area contributed by atoms with E-state index in [1.54, 1.807) is 6.20 Å². The number of nitrogens with one attached hydrogen (secondary N) is 1. The Morgan fingerprint density at radius 1 is 0.844 bits per heavy atom. The molecule has 0 aliphatic rings. The minimum absolute atomic E-state index is 0.398. The number of hydrogen-bond donors (Lipinski definition) is 2. The molecule has 0 spiro atoms. The van der Waals surface area contributed by atoms with Crippen molar-refractivity contribution in [1.82, 2.24) is 4.98 Å². The van der Waals surface area contributed by atoms with Crippen LogP contribution in [-0.4, -0.2) is 22.1 Å². The second kappa shape index (κ2) is 10.3. The summed E-state index contributed by atoms with van der Waals surface area (Å²) in [5.74, 6) is -0.332. The molecule has 32 heavy (non-hydrogen) atoms. The molecule has 1 atom stereocenters. The molecule has 0 amide bonds. The number of rotatable bonds is 9. The van der Waals surface area contributed by atoms with Crippen molar-refractivity contribution in [2.24, 2.45) is 0 Å². The summed E-state index contributed by atoms with van der Waals surface area (Å²) in [6.07, 6.45) is 2.16. The van der Waals surface area contributed by atoms with Crippen LogP contribution >= 0.6 is 0 Å². The quantitative estimate of drug-likeness (QED) is 0.375. The molecule has 1 heterocycles. The lowest BCUT2D eigenvalue weighted by atomic mass is 10.0. The van der Waals surface area contributed by atoms with E-state index in [-0.39, 0.29) is 0 Å². The van der Waals surface area contributed by atoms with Crippen LogP contribution in [0.3, 0.4) is 0 Å². The zero-order chi connectivity index (χ0) is 22.2. The van der Waals surface area contributed by atoms with Crippen LogP contribution in [0, 0.1) is 0 Å². The highest BCUT2D eigenvalue weighted by Crippen LogP contribution is 2.24. The number of anilines is 1. The summed E-state index contributed by atoms with van der Waals surface area (Å²) in [6, 6.07) is 30.3. The van der Waals surface area contributed by atoms with Gasteiger partial charge in [-0.15, -0.1) is 0 Å². The fraction of sp³-hybridized carbons (Fsp3) is 0.111. The highest BCUT2D eigenvalue weighted by molar-refractivity contribution is 5.78. The monoisotopic (exact) mass is 424 g/mol. The Kier molecular flexibility index (Phi) is 6.78. The number of carbonyl (C=O) groups is 1. The molecule has 5 nitrogen and oxygen atoms in total. The molecule has 2 N–H and O–H groups in total. The van der Waals surface area contributed by atoms with Gasteiger partial charge >= 0.3 is 5.97 Å². The molecule has 0 saturated carbocycles. The molecular formula is C27H24N2O3. The lowest BCUT2D eigenvalue weighted by Crippen LogP contribution is -2.31. The van der Waals surface area contributed by atoms with E-state index in [9.17, 15) is 9.90 Å². The van der Waals surface area contributed by atoms with E-state index >= 15 is 0 Å². The highest BCUT2D eigenvalue weighted by atomic mass is 16.5. The van der Waals surface area contributed by atoms with Crippen molar-refractivity contribution in [1.29, 1.82) is 0 Å². The van der Waals surface area contributed by atoms with E-state index in [0.717, 1.165) is 27.9 Å². The normalized spacial score (nSPS) is 11.5. The number of nitrogens with zero attached hydrogens (tertiary/aromatic N) is 1. The maximum absolute atomic E-state index is 11.8. The summed E-state index contributed by atoms with van der Waals surface area (Å²) in [7, 11) is 0. The maximum Gasteiger partial charge on any atom is 0.326 e. The lowest BCUT2D eigenvalue weighted by Gasteiger charge is -2.16. The van der Waals surface area contributed by atoms with Crippen LogP contribution in [-0.2, 0) is 17.8 Å². The number of hydrogen-bond acceptors (Lipinski definition) is 4. The third kappa shape index (κ3) is 5.73. The van der Waals surface area contributed by atoms with Crippen LogP contribution in [0.1, 0.15) is 11.1 Å².